The van der Waals surface area contributed by atoms with Crippen molar-refractivity contribution < 1.29 is 111 Å². The fourth-order valence-electron chi connectivity index (χ4n) is 0. The van der Waals surface area contributed by atoms with Gasteiger partial charge in [-0.25, -0.2) is 0 Å². The molecule has 0 aromatic carbocycles. The van der Waals surface area contributed by atoms with Gasteiger partial charge >= 0.3 is 131 Å². The molecular formula is CaCdCrCuO8SZn+4. The van der Waals surface area contributed by atoms with Gasteiger partial charge in [-0.2, -0.15) is 0 Å². The molecule has 0 aromatic heterocycles. The second-order valence-electron chi connectivity index (χ2n) is 0.816. The molecule has 0 heterocycles. The van der Waals surface area contributed by atoms with Gasteiger partial charge in [0.2, 0.25) is 0 Å². The Labute approximate surface area is 156 Å². The molecule has 0 aliphatic heterocycles. The first-order chi connectivity index (χ1) is 4.00. The maximum atomic E-state index is 8.59. The summed E-state index contributed by atoms with van der Waals surface area (Å²) in [6.07, 6.45) is 0. The molecule has 0 atom stereocenters. The van der Waals surface area contributed by atoms with Gasteiger partial charge in [-0.1, -0.05) is 0 Å². The first-order valence-electron chi connectivity index (χ1n) is 1.33. The summed E-state index contributed by atoms with van der Waals surface area (Å²) >= 11 is -5.75. The summed E-state index contributed by atoms with van der Waals surface area (Å²) < 4.78 is 68.5. The van der Waals surface area contributed by atoms with Gasteiger partial charge in [-0.3, -0.25) is 8.42 Å². The van der Waals surface area contributed by atoms with E-state index in [1.807, 2.05) is 0 Å². The number of hydrogen-bond acceptors (Lipinski definition) is 8. The van der Waals surface area contributed by atoms with E-state index >= 15 is 0 Å². The van der Waals surface area contributed by atoms with Crippen molar-refractivity contribution in [1.82, 2.24) is 0 Å². The van der Waals surface area contributed by atoms with Crippen LogP contribution in [0.3, 0.4) is 0 Å². The summed E-state index contributed by atoms with van der Waals surface area (Å²) in [5.74, 6) is 0. The van der Waals surface area contributed by atoms with Gasteiger partial charge in [-0.05, 0) is 0 Å². The van der Waals surface area contributed by atoms with Crippen LogP contribution in [0.4, 0.5) is 0 Å². The smallest absolute Gasteiger partial charge is 2.00 e. The molecule has 0 saturated carbocycles. The van der Waals surface area contributed by atoms with Crippen LogP contribution in [0, 0.1) is 0 Å². The van der Waals surface area contributed by atoms with E-state index in [1.165, 1.54) is 0 Å². The molecule has 0 N–H and O–H groups in total. The SMILES string of the molecule is O=S(=O)([O-])[O-].[Ca+2].[Cd+2].[Cu+2].[O]=[Cr](=[O])([O-])[O-].[Zn+2]. The summed E-state index contributed by atoms with van der Waals surface area (Å²) in [6.45, 7) is 0. The predicted molar refractivity (Wildman–Crippen MR) is 17.6 cm³/mol. The third-order valence-electron chi connectivity index (χ3n) is 0. The fraction of sp³-hybridized carbons (Fsp3) is 0. The number of rotatable bonds is 0. The first-order valence-corrected chi connectivity index (χ1v) is 4.75. The molecule has 0 saturated heterocycles. The Morgan fingerprint density at radius 1 is 1.00 bits per heavy atom. The van der Waals surface area contributed by atoms with Crippen LogP contribution in [0.1, 0.15) is 0 Å². The van der Waals surface area contributed by atoms with E-state index < -0.39 is 24.0 Å². The molecule has 8 nitrogen and oxygen atoms in total. The van der Waals surface area contributed by atoms with Gasteiger partial charge in [0.15, 0.2) is 0 Å². The van der Waals surface area contributed by atoms with Crippen molar-refractivity contribution in [3.05, 3.63) is 0 Å². The van der Waals surface area contributed by atoms with E-state index in [1.54, 1.807) is 0 Å². The Morgan fingerprint density at radius 2 is 1.00 bits per heavy atom. The summed E-state index contributed by atoms with van der Waals surface area (Å²) in [6, 6.07) is 0. The van der Waals surface area contributed by atoms with E-state index in [0.29, 0.717) is 0 Å². The Balaban J connectivity index is -0.0000000178. The summed E-state index contributed by atoms with van der Waals surface area (Å²) in [5, 5.41) is 0. The van der Waals surface area contributed by atoms with Crippen molar-refractivity contribution in [3.63, 3.8) is 0 Å². The van der Waals surface area contributed by atoms with Crippen LogP contribution in [0.25, 0.3) is 0 Å². The van der Waals surface area contributed by atoms with Crippen LogP contribution >= 0.6 is 0 Å². The molecule has 0 fully saturated rings. The zero-order valence-corrected chi connectivity index (χ0v) is 18.8. The average Bonchev–Trinajstić information content (AvgIpc) is 1.12. The summed E-state index contributed by atoms with van der Waals surface area (Å²) in [5.41, 5.74) is 0. The van der Waals surface area contributed by atoms with Gasteiger partial charge in [0.1, 0.15) is 0 Å². The Morgan fingerprint density at radius 3 is 1.00 bits per heavy atom. The Bertz CT molecular complexity index is 226. The molecule has 0 spiro atoms. The second-order valence-corrected chi connectivity index (χ2v) is 2.91. The maximum Gasteiger partial charge on any atom is 2.00 e. The topological polar surface area (TPSA) is 161 Å². The van der Waals surface area contributed by atoms with Gasteiger partial charge in [0, 0.05) is 10.4 Å². The van der Waals surface area contributed by atoms with Gasteiger partial charge in [0.25, 0.3) is 0 Å². The molecule has 73 valence electrons. The minimum Gasteiger partial charge on any atom is 2.00 e. The zero-order valence-electron chi connectivity index (χ0n) is 6.51. The van der Waals surface area contributed by atoms with Gasteiger partial charge in [-0.15, -0.1) is 0 Å². The summed E-state index contributed by atoms with van der Waals surface area (Å²) in [4.78, 5) is 0. The normalized spacial score (nSPS) is 8.29. The van der Waals surface area contributed by atoms with E-state index in [2.05, 4.69) is 0 Å². The molecule has 0 aromatic rings. The predicted octanol–water partition coefficient (Wildman–Crippen LogP) is -4.34. The monoisotopic (exact) mass is 493 g/mol. The molecule has 14 heteroatoms. The Hall–Kier alpha value is 3.25. The van der Waals surface area contributed by atoms with Crippen LogP contribution < -0.4 is 8.32 Å². The number of hydrogen-bond donors (Lipinski definition) is 0. The maximum absolute atomic E-state index is 8.59. The quantitative estimate of drug-likeness (QED) is 0.186. The molecular weight excluding hydrogens is 493 g/mol. The van der Waals surface area contributed by atoms with Crippen LogP contribution in [0.15, 0.2) is 0 Å². The molecule has 14 heavy (non-hydrogen) atoms. The molecule has 1 radical (unpaired) electrons. The van der Waals surface area contributed by atoms with Crippen molar-refractivity contribution in [2.75, 3.05) is 0 Å². The Kier molecular flexibility index (Phi) is 41.8. The molecule has 0 rings (SSSR count). The largest absolute Gasteiger partial charge is 2.00 e. The minimum atomic E-state index is -5.75. The summed E-state index contributed by atoms with van der Waals surface area (Å²) in [7, 11) is -5.17. The van der Waals surface area contributed by atoms with Crippen molar-refractivity contribution in [1.29, 1.82) is 0 Å². The van der Waals surface area contributed by atoms with Crippen molar-refractivity contribution in [2.45, 2.75) is 0 Å². The van der Waals surface area contributed by atoms with Crippen molar-refractivity contribution >= 4 is 48.1 Å². The van der Waals surface area contributed by atoms with Gasteiger partial charge in [0.05, 0.1) is 0 Å². The van der Waals surface area contributed by atoms with E-state index in [0.717, 1.165) is 0 Å². The fourth-order valence-corrected chi connectivity index (χ4v) is 0. The van der Waals surface area contributed by atoms with Crippen LogP contribution in [0.2, 0.25) is 0 Å². The van der Waals surface area contributed by atoms with Crippen LogP contribution in [-0.4, -0.2) is 55.3 Å². The molecule has 0 bridgehead atoms. The van der Waals surface area contributed by atoms with E-state index in [9.17, 15) is 0 Å². The zero-order chi connectivity index (χ0) is 9.00. The van der Waals surface area contributed by atoms with Crippen molar-refractivity contribution in [3.8, 4) is 0 Å². The van der Waals surface area contributed by atoms with E-state index in [-0.39, 0.29) is 102 Å². The van der Waals surface area contributed by atoms with Crippen LogP contribution in [0.5, 0.6) is 0 Å². The molecule has 0 aliphatic carbocycles. The van der Waals surface area contributed by atoms with Crippen molar-refractivity contribution in [2.24, 2.45) is 0 Å². The minimum absolute atomic E-state index is 0. The first kappa shape index (κ1) is 36.0. The second kappa shape index (κ2) is 16.2. The molecule has 0 aliphatic rings. The van der Waals surface area contributed by atoms with Gasteiger partial charge < -0.3 is 9.11 Å². The standard InChI is InChI=1S/Ca.Cd.Cr.Cu.H2O4S.4O.Zn/c;;;;1-5(2,3)4;;;;;/h;;;;(H2,1,2,3,4);;;;;/q2*+2;;+2;;;;2*-1;+2/p-2. The third kappa shape index (κ3) is 294. The molecule has 0 amide bonds. The average molecular weight is 493 g/mol. The van der Waals surface area contributed by atoms with E-state index in [4.69, 9.17) is 33.4 Å². The molecule has 0 unspecified atom stereocenters. The van der Waals surface area contributed by atoms with Crippen LogP contribution in [-0.2, 0) is 95.5 Å². The third-order valence-corrected chi connectivity index (χ3v) is 0.